The number of nitrogens with one attached hydrogen (secondary N) is 2. The Kier molecular flexibility index (Phi) is 4.52. The number of hydrogen-bond donors (Lipinski definition) is 2. The zero-order chi connectivity index (χ0) is 16.2. The van der Waals surface area contributed by atoms with Gasteiger partial charge in [0.1, 0.15) is 5.60 Å². The molecule has 22 heavy (non-hydrogen) atoms. The summed E-state index contributed by atoms with van der Waals surface area (Å²) in [6.45, 7) is 5.56. The minimum atomic E-state index is -0.535. The molecule has 0 saturated heterocycles. The second-order valence-electron chi connectivity index (χ2n) is 5.73. The molecule has 0 atom stereocenters. The molecular weight excluding hydrogens is 280 g/mol. The van der Waals surface area contributed by atoms with Gasteiger partial charge in [-0.3, -0.25) is 4.79 Å². The van der Waals surface area contributed by atoms with Crippen molar-refractivity contribution in [1.82, 2.24) is 10.3 Å². The molecule has 1 heterocycles. The van der Waals surface area contributed by atoms with E-state index in [9.17, 15) is 9.59 Å². The molecule has 0 aliphatic heterocycles. The van der Waals surface area contributed by atoms with Crippen LogP contribution in [0.4, 0.5) is 4.79 Å². The van der Waals surface area contributed by atoms with E-state index < -0.39 is 11.7 Å². The maximum atomic E-state index is 11.7. The maximum absolute atomic E-state index is 11.7. The summed E-state index contributed by atoms with van der Waals surface area (Å²) in [5.74, 6) is 5.79. The Labute approximate surface area is 128 Å². The standard InChI is InChI=1S/C17H18N2O3/c1-17(2,3)22-16(21)19-10-5-7-12-6-4-8-13-14(20)9-11-18-15(12)13/h4,6,8-9,11H,10H2,1-3H3,(H,18,20)(H,19,21). The van der Waals surface area contributed by atoms with Crippen LogP contribution in [0.1, 0.15) is 26.3 Å². The Hall–Kier alpha value is -2.74. The van der Waals surface area contributed by atoms with Gasteiger partial charge in [-0.15, -0.1) is 0 Å². The first-order valence-electron chi connectivity index (χ1n) is 6.93. The van der Waals surface area contributed by atoms with Gasteiger partial charge in [0, 0.05) is 23.2 Å². The highest BCUT2D eigenvalue weighted by molar-refractivity contribution is 5.84. The molecule has 2 N–H and O–H groups in total. The van der Waals surface area contributed by atoms with E-state index in [1.807, 2.05) is 6.07 Å². The van der Waals surface area contributed by atoms with E-state index in [-0.39, 0.29) is 12.0 Å². The maximum Gasteiger partial charge on any atom is 0.408 e. The zero-order valence-electron chi connectivity index (χ0n) is 12.8. The Bertz CT molecular complexity index is 804. The molecule has 1 aromatic carbocycles. The molecule has 2 rings (SSSR count). The molecule has 1 aromatic heterocycles. The fraction of sp³-hybridized carbons (Fsp3) is 0.294. The Morgan fingerprint density at radius 1 is 1.32 bits per heavy atom. The summed E-state index contributed by atoms with van der Waals surface area (Å²) < 4.78 is 5.11. The number of benzene rings is 1. The summed E-state index contributed by atoms with van der Waals surface area (Å²) in [5, 5.41) is 3.15. The van der Waals surface area contributed by atoms with E-state index >= 15 is 0 Å². The first-order valence-corrected chi connectivity index (χ1v) is 6.93. The topological polar surface area (TPSA) is 71.2 Å². The molecule has 0 bridgehead atoms. The predicted octanol–water partition coefficient (Wildman–Crippen LogP) is 2.40. The van der Waals surface area contributed by atoms with Gasteiger partial charge in [0.15, 0.2) is 5.43 Å². The number of pyridine rings is 1. The van der Waals surface area contributed by atoms with Gasteiger partial charge in [-0.25, -0.2) is 4.79 Å². The summed E-state index contributed by atoms with van der Waals surface area (Å²) in [4.78, 5) is 26.2. The average Bonchev–Trinajstić information content (AvgIpc) is 2.42. The van der Waals surface area contributed by atoms with Crippen LogP contribution in [0.3, 0.4) is 0 Å². The molecule has 5 heteroatoms. The van der Waals surface area contributed by atoms with Crippen LogP contribution < -0.4 is 10.7 Å². The molecule has 0 saturated carbocycles. The number of H-pyrrole nitrogens is 1. The van der Waals surface area contributed by atoms with Gasteiger partial charge in [-0.1, -0.05) is 17.9 Å². The Morgan fingerprint density at radius 2 is 2.09 bits per heavy atom. The van der Waals surface area contributed by atoms with Gasteiger partial charge in [-0.05, 0) is 32.9 Å². The van der Waals surface area contributed by atoms with Crippen molar-refractivity contribution in [3.63, 3.8) is 0 Å². The number of aromatic nitrogens is 1. The van der Waals surface area contributed by atoms with Crippen molar-refractivity contribution in [2.75, 3.05) is 6.54 Å². The summed E-state index contributed by atoms with van der Waals surface area (Å²) in [5.41, 5.74) is 0.817. The number of alkyl carbamates (subject to hydrolysis) is 1. The average molecular weight is 298 g/mol. The fourth-order valence-corrected chi connectivity index (χ4v) is 1.88. The summed E-state index contributed by atoms with van der Waals surface area (Å²) >= 11 is 0. The van der Waals surface area contributed by atoms with Crippen LogP contribution in [0.5, 0.6) is 0 Å². The van der Waals surface area contributed by atoms with Crippen molar-refractivity contribution in [3.05, 3.63) is 46.2 Å². The van der Waals surface area contributed by atoms with E-state index in [4.69, 9.17) is 4.74 Å². The predicted molar refractivity (Wildman–Crippen MR) is 85.7 cm³/mol. The van der Waals surface area contributed by atoms with Gasteiger partial charge in [-0.2, -0.15) is 0 Å². The van der Waals surface area contributed by atoms with Crippen molar-refractivity contribution >= 4 is 17.0 Å². The molecule has 0 spiro atoms. The van der Waals surface area contributed by atoms with E-state index in [0.717, 1.165) is 0 Å². The lowest BCUT2D eigenvalue weighted by Gasteiger charge is -2.19. The molecule has 0 unspecified atom stereocenters. The van der Waals surface area contributed by atoms with E-state index in [2.05, 4.69) is 22.1 Å². The van der Waals surface area contributed by atoms with Gasteiger partial charge in [0.25, 0.3) is 0 Å². The molecule has 0 radical (unpaired) electrons. The number of rotatable bonds is 1. The number of hydrogen-bond acceptors (Lipinski definition) is 3. The fourth-order valence-electron chi connectivity index (χ4n) is 1.88. The molecular formula is C17H18N2O3. The number of carbonyl (C=O) groups excluding carboxylic acids is 1. The van der Waals surface area contributed by atoms with Crippen molar-refractivity contribution in [2.24, 2.45) is 0 Å². The first-order chi connectivity index (χ1) is 10.4. The monoisotopic (exact) mass is 298 g/mol. The highest BCUT2D eigenvalue weighted by Crippen LogP contribution is 2.11. The molecule has 0 fully saturated rings. The number of aromatic amines is 1. The Balaban J connectivity index is 2.09. The zero-order valence-corrected chi connectivity index (χ0v) is 12.8. The lowest BCUT2D eigenvalue weighted by atomic mass is 10.1. The third-order valence-corrected chi connectivity index (χ3v) is 2.74. The quantitative estimate of drug-likeness (QED) is 0.794. The number of carbonyl (C=O) groups is 1. The highest BCUT2D eigenvalue weighted by atomic mass is 16.6. The Morgan fingerprint density at radius 3 is 2.82 bits per heavy atom. The van der Waals surface area contributed by atoms with Crippen molar-refractivity contribution in [2.45, 2.75) is 26.4 Å². The van der Waals surface area contributed by atoms with Crippen molar-refractivity contribution in [1.29, 1.82) is 0 Å². The van der Waals surface area contributed by atoms with Gasteiger partial charge in [0.2, 0.25) is 0 Å². The molecule has 114 valence electrons. The molecule has 1 amide bonds. The number of amides is 1. The lowest BCUT2D eigenvalue weighted by Crippen LogP contribution is -2.32. The number of para-hydroxylation sites is 1. The largest absolute Gasteiger partial charge is 0.444 e. The SMILES string of the molecule is CC(C)(C)OC(=O)NCC#Cc1cccc2c(=O)cc[nH]c12. The molecule has 0 aliphatic carbocycles. The lowest BCUT2D eigenvalue weighted by molar-refractivity contribution is 0.0535. The second-order valence-corrected chi connectivity index (χ2v) is 5.73. The van der Waals surface area contributed by atoms with Gasteiger partial charge < -0.3 is 15.0 Å². The molecule has 5 nitrogen and oxygen atoms in total. The summed E-state index contributed by atoms with van der Waals surface area (Å²) in [7, 11) is 0. The van der Waals surface area contributed by atoms with Crippen LogP contribution in [0.2, 0.25) is 0 Å². The number of fused-ring (bicyclic) bond motifs is 1. The van der Waals surface area contributed by atoms with Crippen molar-refractivity contribution < 1.29 is 9.53 Å². The van der Waals surface area contributed by atoms with Crippen LogP contribution in [0, 0.1) is 11.8 Å². The minimum Gasteiger partial charge on any atom is -0.444 e. The van der Waals surface area contributed by atoms with E-state index in [0.29, 0.717) is 16.5 Å². The second kappa shape index (κ2) is 6.35. The summed E-state index contributed by atoms with van der Waals surface area (Å²) in [6, 6.07) is 6.82. The van der Waals surface area contributed by atoms with E-state index in [1.165, 1.54) is 6.07 Å². The smallest absolute Gasteiger partial charge is 0.408 e. The highest BCUT2D eigenvalue weighted by Gasteiger charge is 2.15. The normalized spacial score (nSPS) is 10.7. The van der Waals surface area contributed by atoms with Crippen LogP contribution in [-0.2, 0) is 4.74 Å². The van der Waals surface area contributed by atoms with Gasteiger partial charge >= 0.3 is 6.09 Å². The van der Waals surface area contributed by atoms with Crippen LogP contribution >= 0.6 is 0 Å². The van der Waals surface area contributed by atoms with Crippen LogP contribution in [0.15, 0.2) is 35.3 Å². The third kappa shape index (κ3) is 4.13. The molecule has 0 aliphatic rings. The van der Waals surface area contributed by atoms with Crippen LogP contribution in [-0.4, -0.2) is 23.2 Å². The van der Waals surface area contributed by atoms with Gasteiger partial charge in [0.05, 0.1) is 12.1 Å². The number of ether oxygens (including phenoxy) is 1. The third-order valence-electron chi connectivity index (χ3n) is 2.74. The summed E-state index contributed by atoms with van der Waals surface area (Å²) in [6.07, 6.45) is 1.09. The van der Waals surface area contributed by atoms with E-state index in [1.54, 1.807) is 39.1 Å². The molecule has 2 aromatic rings. The van der Waals surface area contributed by atoms with Crippen LogP contribution in [0.25, 0.3) is 10.9 Å². The first kappa shape index (κ1) is 15.6. The van der Waals surface area contributed by atoms with Crippen molar-refractivity contribution in [3.8, 4) is 11.8 Å². The minimum absolute atomic E-state index is 0.0516.